The molecule has 1 fully saturated rings. The van der Waals surface area contributed by atoms with Crippen molar-refractivity contribution >= 4 is 23.5 Å². The predicted molar refractivity (Wildman–Crippen MR) is 93.0 cm³/mol. The van der Waals surface area contributed by atoms with Gasteiger partial charge in [0.2, 0.25) is 11.8 Å². The van der Waals surface area contributed by atoms with E-state index in [2.05, 4.69) is 5.32 Å². The topological polar surface area (TPSA) is 87.7 Å². The van der Waals surface area contributed by atoms with Crippen LogP contribution in [0.5, 0.6) is 0 Å². The molecule has 7 nitrogen and oxygen atoms in total. The third kappa shape index (κ3) is 3.56. The second-order valence-electron chi connectivity index (χ2n) is 6.81. The van der Waals surface area contributed by atoms with Gasteiger partial charge < -0.3 is 20.3 Å². The lowest BCUT2D eigenvalue weighted by Gasteiger charge is -2.33. The van der Waals surface area contributed by atoms with E-state index in [0.29, 0.717) is 37.2 Å². The number of hydrogen-bond acceptors (Lipinski definition) is 5. The SMILES string of the molecule is COC(=O)c1cccc2c1C1(CCNCC1)C(=O)N2CC(=O)NCC(F)(F)F. The van der Waals surface area contributed by atoms with E-state index in [9.17, 15) is 27.6 Å². The summed E-state index contributed by atoms with van der Waals surface area (Å²) in [4.78, 5) is 38.8. The first-order valence-electron chi connectivity index (χ1n) is 8.77. The average Bonchev–Trinajstić information content (AvgIpc) is 2.89. The van der Waals surface area contributed by atoms with Crippen LogP contribution in [0, 0.1) is 0 Å². The van der Waals surface area contributed by atoms with Crippen LogP contribution in [-0.2, 0) is 19.7 Å². The van der Waals surface area contributed by atoms with Crippen LogP contribution < -0.4 is 15.5 Å². The van der Waals surface area contributed by atoms with Crippen molar-refractivity contribution in [2.24, 2.45) is 0 Å². The number of esters is 1. The molecule has 0 unspecified atom stereocenters. The lowest BCUT2D eigenvalue weighted by molar-refractivity contribution is -0.138. The summed E-state index contributed by atoms with van der Waals surface area (Å²) in [6, 6.07) is 4.70. The number of benzene rings is 1. The number of anilines is 1. The average molecular weight is 399 g/mol. The van der Waals surface area contributed by atoms with Crippen molar-refractivity contribution in [1.82, 2.24) is 10.6 Å². The Bertz CT molecular complexity index is 804. The Morgan fingerprint density at radius 3 is 2.57 bits per heavy atom. The Morgan fingerprint density at radius 2 is 1.96 bits per heavy atom. The zero-order chi connectivity index (χ0) is 20.5. The first-order chi connectivity index (χ1) is 13.2. The number of halogens is 3. The molecular formula is C18H20F3N3O4. The van der Waals surface area contributed by atoms with Gasteiger partial charge in [-0.1, -0.05) is 6.07 Å². The Hall–Kier alpha value is -2.62. The summed E-state index contributed by atoms with van der Waals surface area (Å²) in [5.41, 5.74) is 0.0674. The number of fused-ring (bicyclic) bond motifs is 2. The first-order valence-corrected chi connectivity index (χ1v) is 8.77. The normalized spacial score (nSPS) is 18.1. The van der Waals surface area contributed by atoms with Crippen molar-refractivity contribution in [2.75, 3.05) is 38.2 Å². The number of ether oxygens (including phenoxy) is 1. The van der Waals surface area contributed by atoms with Gasteiger partial charge in [-0.2, -0.15) is 13.2 Å². The maximum absolute atomic E-state index is 13.3. The van der Waals surface area contributed by atoms with Gasteiger partial charge in [0.1, 0.15) is 13.1 Å². The van der Waals surface area contributed by atoms with Gasteiger partial charge in [0, 0.05) is 11.3 Å². The highest BCUT2D eigenvalue weighted by molar-refractivity contribution is 6.13. The minimum atomic E-state index is -4.54. The molecule has 1 aromatic carbocycles. The molecule has 1 spiro atoms. The summed E-state index contributed by atoms with van der Waals surface area (Å²) in [5.74, 6) is -1.92. The molecular weight excluding hydrogens is 379 g/mol. The number of methoxy groups -OCH3 is 1. The molecule has 10 heteroatoms. The van der Waals surface area contributed by atoms with Gasteiger partial charge in [-0.15, -0.1) is 0 Å². The standard InChI is InChI=1S/C18H20F3N3O4/c1-28-15(26)11-3-2-4-12-14(11)17(5-7-22-8-6-17)16(27)24(12)9-13(25)23-10-18(19,20)21/h2-4,22H,5-10H2,1H3,(H,23,25). The molecule has 2 aliphatic rings. The van der Waals surface area contributed by atoms with Gasteiger partial charge >= 0.3 is 12.1 Å². The summed E-state index contributed by atoms with van der Waals surface area (Å²) in [6.07, 6.45) is -3.72. The largest absolute Gasteiger partial charge is 0.465 e. The number of carbonyl (C=O) groups excluding carboxylic acids is 3. The van der Waals surface area contributed by atoms with E-state index in [1.807, 2.05) is 0 Å². The first kappa shape index (κ1) is 20.1. The minimum absolute atomic E-state index is 0.230. The minimum Gasteiger partial charge on any atom is -0.465 e. The number of piperidine rings is 1. The van der Waals surface area contributed by atoms with Crippen molar-refractivity contribution < 1.29 is 32.3 Å². The molecule has 0 bridgehead atoms. The highest BCUT2D eigenvalue weighted by Gasteiger charge is 2.53. The molecule has 2 heterocycles. The van der Waals surface area contributed by atoms with E-state index in [-0.39, 0.29) is 11.5 Å². The summed E-state index contributed by atoms with van der Waals surface area (Å²) in [5, 5.41) is 4.93. The van der Waals surface area contributed by atoms with Gasteiger partial charge in [0.25, 0.3) is 0 Å². The molecule has 28 heavy (non-hydrogen) atoms. The number of nitrogens with zero attached hydrogens (tertiary/aromatic N) is 1. The van der Waals surface area contributed by atoms with E-state index in [4.69, 9.17) is 4.74 Å². The van der Waals surface area contributed by atoms with E-state index in [1.165, 1.54) is 12.0 Å². The van der Waals surface area contributed by atoms with Crippen LogP contribution >= 0.6 is 0 Å². The van der Waals surface area contributed by atoms with Crippen molar-refractivity contribution in [3.05, 3.63) is 29.3 Å². The summed E-state index contributed by atoms with van der Waals surface area (Å²) in [6.45, 7) is -0.955. The van der Waals surface area contributed by atoms with Gasteiger partial charge in [0.05, 0.1) is 18.1 Å². The number of hydrogen-bond donors (Lipinski definition) is 2. The molecule has 2 amide bonds. The number of nitrogens with one attached hydrogen (secondary N) is 2. The fourth-order valence-electron chi connectivity index (χ4n) is 3.90. The molecule has 1 aromatic rings. The van der Waals surface area contributed by atoms with Crippen LogP contribution in [-0.4, -0.2) is 57.2 Å². The number of alkyl halides is 3. The third-order valence-electron chi connectivity index (χ3n) is 5.12. The molecule has 1 saturated heterocycles. The molecule has 0 saturated carbocycles. The zero-order valence-corrected chi connectivity index (χ0v) is 15.2. The van der Waals surface area contributed by atoms with Crippen LogP contribution in [0.25, 0.3) is 0 Å². The molecule has 2 N–H and O–H groups in total. The van der Waals surface area contributed by atoms with Crippen LogP contribution in [0.2, 0.25) is 0 Å². The predicted octanol–water partition coefficient (Wildman–Crippen LogP) is 1.12. The summed E-state index contributed by atoms with van der Waals surface area (Å²) >= 11 is 0. The second kappa shape index (κ2) is 7.42. The smallest absolute Gasteiger partial charge is 0.405 e. The Kier molecular flexibility index (Phi) is 5.33. The van der Waals surface area contributed by atoms with Crippen LogP contribution in [0.3, 0.4) is 0 Å². The Balaban J connectivity index is 1.98. The fourth-order valence-corrected chi connectivity index (χ4v) is 3.90. The van der Waals surface area contributed by atoms with Crippen molar-refractivity contribution in [3.63, 3.8) is 0 Å². The Morgan fingerprint density at radius 1 is 1.29 bits per heavy atom. The highest BCUT2D eigenvalue weighted by atomic mass is 19.4. The third-order valence-corrected chi connectivity index (χ3v) is 5.12. The van der Waals surface area contributed by atoms with Gasteiger partial charge in [0.15, 0.2) is 0 Å². The monoisotopic (exact) mass is 399 g/mol. The number of amides is 2. The molecule has 2 aliphatic heterocycles. The number of carbonyl (C=O) groups is 3. The summed E-state index contributed by atoms with van der Waals surface area (Å²) in [7, 11) is 1.23. The van der Waals surface area contributed by atoms with E-state index >= 15 is 0 Å². The van der Waals surface area contributed by atoms with Crippen molar-refractivity contribution in [3.8, 4) is 0 Å². The highest BCUT2D eigenvalue weighted by Crippen LogP contribution is 2.48. The van der Waals surface area contributed by atoms with E-state index < -0.39 is 36.6 Å². The van der Waals surface area contributed by atoms with Crippen LogP contribution in [0.4, 0.5) is 18.9 Å². The molecule has 0 atom stereocenters. The van der Waals surface area contributed by atoms with Crippen LogP contribution in [0.1, 0.15) is 28.8 Å². The quantitative estimate of drug-likeness (QED) is 0.741. The Labute approximate surface area is 159 Å². The van der Waals surface area contributed by atoms with E-state index in [0.717, 1.165) is 0 Å². The van der Waals surface area contributed by atoms with Crippen molar-refractivity contribution in [1.29, 1.82) is 0 Å². The maximum atomic E-state index is 13.3. The molecule has 0 radical (unpaired) electrons. The lowest BCUT2D eigenvalue weighted by Crippen LogP contribution is -2.50. The summed E-state index contributed by atoms with van der Waals surface area (Å²) < 4.78 is 41.9. The van der Waals surface area contributed by atoms with Crippen molar-refractivity contribution in [2.45, 2.75) is 24.4 Å². The van der Waals surface area contributed by atoms with Crippen LogP contribution in [0.15, 0.2) is 18.2 Å². The maximum Gasteiger partial charge on any atom is 0.405 e. The zero-order valence-electron chi connectivity index (χ0n) is 15.2. The van der Waals surface area contributed by atoms with E-state index in [1.54, 1.807) is 23.5 Å². The fraction of sp³-hybridized carbons (Fsp3) is 0.500. The molecule has 0 aliphatic carbocycles. The van der Waals surface area contributed by atoms with Gasteiger partial charge in [-0.25, -0.2) is 4.79 Å². The molecule has 0 aromatic heterocycles. The molecule has 3 rings (SSSR count). The second-order valence-corrected chi connectivity index (χ2v) is 6.81. The lowest BCUT2D eigenvalue weighted by atomic mass is 9.72. The molecule has 152 valence electrons. The van der Waals surface area contributed by atoms with Gasteiger partial charge in [-0.05, 0) is 38.1 Å². The number of rotatable bonds is 4. The van der Waals surface area contributed by atoms with Gasteiger partial charge in [-0.3, -0.25) is 9.59 Å².